The number of aromatic nitrogens is 1. The van der Waals surface area contributed by atoms with E-state index >= 15 is 0 Å². The Morgan fingerprint density at radius 3 is 2.61 bits per heavy atom. The molecule has 1 aliphatic heterocycles. The van der Waals surface area contributed by atoms with E-state index in [0.29, 0.717) is 11.3 Å². The van der Waals surface area contributed by atoms with Gasteiger partial charge in [0.2, 0.25) is 6.41 Å². The highest BCUT2D eigenvalue weighted by Gasteiger charge is 2.28. The monoisotopic (exact) mass is 458 g/mol. The molecule has 31 heavy (non-hydrogen) atoms. The van der Waals surface area contributed by atoms with Gasteiger partial charge in [-0.15, -0.1) is 0 Å². The van der Waals surface area contributed by atoms with E-state index in [1.54, 1.807) is 0 Å². The summed E-state index contributed by atoms with van der Waals surface area (Å²) < 4.78 is 46.7. The number of anilines is 1. The van der Waals surface area contributed by atoms with Gasteiger partial charge in [0.1, 0.15) is 10.7 Å². The first-order chi connectivity index (χ1) is 14.9. The first kappa shape index (κ1) is 22.7. The summed E-state index contributed by atoms with van der Waals surface area (Å²) in [6.45, 7) is -1.48. The van der Waals surface area contributed by atoms with Crippen LogP contribution in [0.15, 0.2) is 24.4 Å². The van der Waals surface area contributed by atoms with Crippen molar-refractivity contribution in [2.24, 2.45) is 5.73 Å². The molecule has 1 saturated carbocycles. The zero-order valence-corrected chi connectivity index (χ0v) is 17.1. The van der Waals surface area contributed by atoms with Crippen molar-refractivity contribution < 1.29 is 32.2 Å². The molecular formula is C19H21F3N4O4S. The number of benzene rings is 1. The number of hydrogen-bond donors (Lipinski definition) is 2. The molecular weight excluding hydrogens is 437 g/mol. The predicted molar refractivity (Wildman–Crippen MR) is 107 cm³/mol. The number of nitrogens with zero attached hydrogens (tertiary/aromatic N) is 2. The van der Waals surface area contributed by atoms with Gasteiger partial charge in [-0.05, 0) is 31.4 Å². The van der Waals surface area contributed by atoms with Crippen LogP contribution in [0.5, 0.6) is 11.5 Å². The van der Waals surface area contributed by atoms with Crippen molar-refractivity contribution in [2.45, 2.75) is 38.0 Å². The second-order valence-electron chi connectivity index (χ2n) is 6.90. The van der Waals surface area contributed by atoms with Gasteiger partial charge in [0.05, 0.1) is 18.3 Å². The first-order valence-corrected chi connectivity index (χ1v) is 10.3. The summed E-state index contributed by atoms with van der Waals surface area (Å²) in [7, 11) is 0. The van der Waals surface area contributed by atoms with Crippen molar-refractivity contribution in [3.63, 3.8) is 0 Å². The Bertz CT molecular complexity index is 904. The van der Waals surface area contributed by atoms with Crippen molar-refractivity contribution in [3.8, 4) is 11.5 Å². The molecule has 3 N–H and O–H groups in total. The fraction of sp³-hybridized carbons (Fsp3) is 0.421. The van der Waals surface area contributed by atoms with E-state index in [1.807, 2.05) is 4.90 Å². The standard InChI is InChI=1S/C11H11F3O2.C8H10N4O2S/c12-7-4-5-9(16-11(13)14)10(6-7)15-8-2-1-3-8;9-7(14)6-1-10-8(15-6)12-2-5(3-12)11-4-13/h4-6,8,11H,1-3H2;1,4-5H,2-3H2,(H2,9,14)(H,11,13). The van der Waals surface area contributed by atoms with E-state index in [9.17, 15) is 22.8 Å². The summed E-state index contributed by atoms with van der Waals surface area (Å²) in [4.78, 5) is 27.5. The largest absolute Gasteiger partial charge is 0.486 e. The lowest BCUT2D eigenvalue weighted by Gasteiger charge is -2.38. The fourth-order valence-electron chi connectivity index (χ4n) is 2.80. The Kier molecular flexibility index (Phi) is 7.55. The van der Waals surface area contributed by atoms with E-state index in [1.165, 1.54) is 17.5 Å². The maximum atomic E-state index is 12.9. The summed E-state index contributed by atoms with van der Waals surface area (Å²) in [5, 5.41) is 3.45. The quantitative estimate of drug-likeness (QED) is 0.589. The van der Waals surface area contributed by atoms with Gasteiger partial charge in [0, 0.05) is 19.2 Å². The molecule has 1 saturated heterocycles. The minimum Gasteiger partial charge on any atom is -0.486 e. The van der Waals surface area contributed by atoms with Gasteiger partial charge < -0.3 is 25.4 Å². The molecule has 2 aliphatic rings. The number of nitrogens with one attached hydrogen (secondary N) is 1. The number of amides is 2. The van der Waals surface area contributed by atoms with Crippen LogP contribution in [0.3, 0.4) is 0 Å². The maximum Gasteiger partial charge on any atom is 0.387 e. The first-order valence-electron chi connectivity index (χ1n) is 9.47. The van der Waals surface area contributed by atoms with Gasteiger partial charge in [0.25, 0.3) is 5.91 Å². The van der Waals surface area contributed by atoms with E-state index in [4.69, 9.17) is 10.5 Å². The van der Waals surface area contributed by atoms with Crippen LogP contribution < -0.4 is 25.4 Å². The molecule has 168 valence electrons. The van der Waals surface area contributed by atoms with Gasteiger partial charge in [-0.25, -0.2) is 9.37 Å². The van der Waals surface area contributed by atoms with Crippen LogP contribution in [0.25, 0.3) is 0 Å². The minimum absolute atomic E-state index is 0.0122. The van der Waals surface area contributed by atoms with Gasteiger partial charge in [-0.3, -0.25) is 9.59 Å². The number of hydrogen-bond acceptors (Lipinski definition) is 7. The Morgan fingerprint density at radius 2 is 2.06 bits per heavy atom. The van der Waals surface area contributed by atoms with Gasteiger partial charge in [-0.1, -0.05) is 11.3 Å². The molecule has 2 fully saturated rings. The lowest BCUT2D eigenvalue weighted by Crippen LogP contribution is -2.57. The summed E-state index contributed by atoms with van der Waals surface area (Å²) in [6.07, 6.45) is 4.93. The fourth-order valence-corrected chi connectivity index (χ4v) is 3.58. The van der Waals surface area contributed by atoms with Gasteiger partial charge in [0.15, 0.2) is 16.6 Å². The molecule has 0 bridgehead atoms. The second-order valence-corrected chi connectivity index (χ2v) is 7.91. The number of carbonyl (C=O) groups excluding carboxylic acids is 2. The molecule has 1 aromatic heterocycles. The highest BCUT2D eigenvalue weighted by molar-refractivity contribution is 7.17. The molecule has 0 radical (unpaired) electrons. The third kappa shape index (κ3) is 6.23. The summed E-state index contributed by atoms with van der Waals surface area (Å²) in [5.41, 5.74) is 5.12. The van der Waals surface area contributed by atoms with Crippen molar-refractivity contribution in [2.75, 3.05) is 18.0 Å². The van der Waals surface area contributed by atoms with Crippen LogP contribution in [-0.2, 0) is 4.79 Å². The van der Waals surface area contributed by atoms with E-state index < -0.39 is 18.3 Å². The number of nitrogens with two attached hydrogens (primary N) is 1. The third-order valence-corrected chi connectivity index (χ3v) is 5.73. The van der Waals surface area contributed by atoms with E-state index in [-0.39, 0.29) is 23.6 Å². The molecule has 1 aromatic carbocycles. The molecule has 0 unspecified atom stereocenters. The van der Waals surface area contributed by atoms with E-state index in [2.05, 4.69) is 15.0 Å². The highest BCUT2D eigenvalue weighted by atomic mass is 32.1. The Labute approximate surface area is 180 Å². The number of primary amides is 1. The molecule has 8 nitrogen and oxygen atoms in total. The van der Waals surface area contributed by atoms with Gasteiger partial charge in [-0.2, -0.15) is 8.78 Å². The molecule has 1 aliphatic carbocycles. The topological polar surface area (TPSA) is 107 Å². The number of ether oxygens (including phenoxy) is 2. The number of halogens is 3. The predicted octanol–water partition coefficient (Wildman–Crippen LogP) is 2.53. The van der Waals surface area contributed by atoms with Crippen LogP contribution in [0.1, 0.15) is 28.9 Å². The second kappa shape index (κ2) is 10.3. The molecule has 12 heteroatoms. The average Bonchev–Trinajstić information content (AvgIpc) is 3.13. The third-order valence-electron chi connectivity index (χ3n) is 4.66. The number of carbonyl (C=O) groups is 2. The summed E-state index contributed by atoms with van der Waals surface area (Å²) in [6, 6.07) is 3.46. The van der Waals surface area contributed by atoms with Gasteiger partial charge >= 0.3 is 6.61 Å². The number of rotatable bonds is 8. The zero-order chi connectivity index (χ0) is 22.4. The molecule has 4 rings (SSSR count). The maximum absolute atomic E-state index is 12.9. The van der Waals surface area contributed by atoms with Crippen molar-refractivity contribution in [1.82, 2.24) is 10.3 Å². The number of thiazole rings is 1. The van der Waals surface area contributed by atoms with E-state index in [0.717, 1.165) is 55.7 Å². The van der Waals surface area contributed by atoms with Crippen molar-refractivity contribution in [1.29, 1.82) is 0 Å². The van der Waals surface area contributed by atoms with Crippen LogP contribution in [0.2, 0.25) is 0 Å². The summed E-state index contributed by atoms with van der Waals surface area (Å²) >= 11 is 1.27. The molecule has 0 spiro atoms. The zero-order valence-electron chi connectivity index (χ0n) is 16.3. The highest BCUT2D eigenvalue weighted by Crippen LogP contribution is 2.33. The Hall–Kier alpha value is -3.02. The molecule has 2 aromatic rings. The van der Waals surface area contributed by atoms with Crippen LogP contribution in [-0.4, -0.2) is 49.1 Å². The lowest BCUT2D eigenvalue weighted by atomic mass is 9.96. The molecule has 2 heterocycles. The normalized spacial score (nSPS) is 15.9. The number of alkyl halides is 2. The lowest BCUT2D eigenvalue weighted by molar-refractivity contribution is -0.110. The molecule has 2 amide bonds. The Balaban J connectivity index is 0.000000176. The van der Waals surface area contributed by atoms with Crippen molar-refractivity contribution in [3.05, 3.63) is 35.1 Å². The Morgan fingerprint density at radius 1 is 1.32 bits per heavy atom. The van der Waals surface area contributed by atoms with Crippen molar-refractivity contribution >= 4 is 28.8 Å². The minimum atomic E-state index is -2.94. The molecule has 0 atom stereocenters. The summed E-state index contributed by atoms with van der Waals surface area (Å²) in [5.74, 6) is -1.06. The van der Waals surface area contributed by atoms with Crippen LogP contribution >= 0.6 is 11.3 Å². The smallest absolute Gasteiger partial charge is 0.387 e. The average molecular weight is 458 g/mol. The SMILES string of the molecule is Fc1ccc(OC(F)F)c(OC2CCC2)c1.NC(=O)c1cnc(N2CC(NC=O)C2)s1. The van der Waals surface area contributed by atoms with Crippen LogP contribution in [0.4, 0.5) is 18.3 Å². The van der Waals surface area contributed by atoms with Crippen LogP contribution in [0, 0.1) is 5.82 Å².